The van der Waals surface area contributed by atoms with Crippen LogP contribution in [0.1, 0.15) is 88.2 Å². The highest BCUT2D eigenvalue weighted by molar-refractivity contribution is 5.08. The lowest BCUT2D eigenvalue weighted by molar-refractivity contribution is -0.697. The minimum Gasteiger partial charge on any atom is -0.381 e. The predicted molar refractivity (Wildman–Crippen MR) is 149 cm³/mol. The van der Waals surface area contributed by atoms with Crippen molar-refractivity contribution < 1.29 is 14.0 Å². The molecular weight excluding hydrogens is 462 g/mol. The maximum absolute atomic E-state index is 8.25. The van der Waals surface area contributed by atoms with E-state index in [1.54, 1.807) is 0 Å². The van der Waals surface area contributed by atoms with Crippen molar-refractivity contribution in [3.8, 4) is 0 Å². The minimum absolute atomic E-state index is 0.611. The Kier molecular flexibility index (Phi) is 18.9. The van der Waals surface area contributed by atoms with Crippen molar-refractivity contribution in [1.29, 1.82) is 0 Å². The number of ether oxygens (including phenoxy) is 2. The number of pyridine rings is 2. The number of rotatable bonds is 24. The predicted octanol–water partition coefficient (Wildman–Crippen LogP) is 7.18. The lowest BCUT2D eigenvalue weighted by atomic mass is 10.1. The Bertz CT molecular complexity index is 843. The molecule has 0 aliphatic heterocycles. The van der Waals surface area contributed by atoms with Gasteiger partial charge in [-0.15, -0.1) is 0 Å². The molecule has 0 fully saturated rings. The molecule has 0 saturated heterocycles. The molecule has 0 aromatic carbocycles. The zero-order valence-electron chi connectivity index (χ0n) is 22.8. The molecule has 0 saturated carbocycles. The highest BCUT2D eigenvalue weighted by Crippen LogP contribution is 2.07. The lowest BCUT2D eigenvalue weighted by Gasteiger charge is -2.05. The fraction of sp³-hybridized carbons (Fsp3) is 0.667. The molecule has 0 amide bonds. The van der Waals surface area contributed by atoms with Crippen molar-refractivity contribution in [1.82, 2.24) is 4.98 Å². The van der Waals surface area contributed by atoms with Gasteiger partial charge in [0.1, 0.15) is 6.54 Å². The number of azide groups is 1. The largest absolute Gasteiger partial charge is 0.381 e. The van der Waals surface area contributed by atoms with Crippen LogP contribution in [0.25, 0.3) is 10.4 Å². The van der Waals surface area contributed by atoms with E-state index in [0.29, 0.717) is 6.54 Å². The third-order valence-corrected chi connectivity index (χ3v) is 6.47. The molecule has 0 unspecified atom stereocenters. The van der Waals surface area contributed by atoms with Crippen LogP contribution in [0.4, 0.5) is 0 Å². The van der Waals surface area contributed by atoms with E-state index in [1.165, 1.54) is 49.7 Å². The molecule has 2 aromatic heterocycles. The highest BCUT2D eigenvalue weighted by Gasteiger charge is 2.03. The molecule has 7 nitrogen and oxygen atoms in total. The summed E-state index contributed by atoms with van der Waals surface area (Å²) in [4.78, 5) is 6.93. The molecular formula is C30H48N5O2+. The number of hydrogen-bond donors (Lipinski definition) is 0. The maximum Gasteiger partial charge on any atom is 0.171 e. The summed E-state index contributed by atoms with van der Waals surface area (Å²) in [5, 5.41) is 3.56. The van der Waals surface area contributed by atoms with Crippen LogP contribution in [-0.2, 0) is 28.9 Å². The second-order valence-corrected chi connectivity index (χ2v) is 9.73. The summed E-state index contributed by atoms with van der Waals surface area (Å²) in [6, 6.07) is 8.52. The zero-order valence-corrected chi connectivity index (χ0v) is 22.8. The average Bonchev–Trinajstić information content (AvgIpc) is 2.93. The molecule has 0 aliphatic carbocycles. The molecule has 0 atom stereocenters. The number of aromatic nitrogens is 2. The van der Waals surface area contributed by atoms with Gasteiger partial charge < -0.3 is 9.47 Å². The van der Waals surface area contributed by atoms with Crippen molar-refractivity contribution in [3.05, 3.63) is 70.6 Å². The van der Waals surface area contributed by atoms with Gasteiger partial charge in [-0.25, -0.2) is 4.57 Å². The van der Waals surface area contributed by atoms with Crippen LogP contribution in [0.5, 0.6) is 0 Å². The van der Waals surface area contributed by atoms with Crippen LogP contribution in [0.3, 0.4) is 0 Å². The van der Waals surface area contributed by atoms with Crippen molar-refractivity contribution in [2.24, 2.45) is 5.11 Å². The normalized spacial score (nSPS) is 10.9. The van der Waals surface area contributed by atoms with E-state index in [-0.39, 0.29) is 0 Å². The first kappa shape index (κ1) is 30.8. The monoisotopic (exact) mass is 510 g/mol. The first-order valence-electron chi connectivity index (χ1n) is 14.4. The maximum atomic E-state index is 8.25. The van der Waals surface area contributed by atoms with Crippen LogP contribution in [0, 0.1) is 0 Å². The summed E-state index contributed by atoms with van der Waals surface area (Å²) in [5.41, 5.74) is 10.9. The molecule has 0 aliphatic rings. The third-order valence-electron chi connectivity index (χ3n) is 6.47. The number of nitrogens with zero attached hydrogens (tertiary/aromatic N) is 5. The molecule has 2 aromatic rings. The smallest absolute Gasteiger partial charge is 0.171 e. The van der Waals surface area contributed by atoms with Gasteiger partial charge in [-0.2, -0.15) is 0 Å². The molecule has 0 bridgehead atoms. The first-order valence-corrected chi connectivity index (χ1v) is 14.4. The Morgan fingerprint density at radius 3 is 2.05 bits per heavy atom. The molecule has 204 valence electrons. The fourth-order valence-electron chi connectivity index (χ4n) is 4.36. The van der Waals surface area contributed by atoms with Gasteiger partial charge in [-0.05, 0) is 74.6 Å². The van der Waals surface area contributed by atoms with Gasteiger partial charge in [0, 0.05) is 68.3 Å². The standard InChI is InChI=1S/C30H48N5O2/c31-34-33-20-7-3-6-10-24-37-26-14-18-30-16-12-22-35(28-30)21-8-4-1-2-5-9-23-36-25-13-17-29-15-11-19-32-27-29/h11-12,15-16,19,22,27-28H,1-10,13-14,17-18,20-21,23-26H2/q+1. The summed E-state index contributed by atoms with van der Waals surface area (Å²) >= 11 is 0. The van der Waals surface area contributed by atoms with E-state index in [9.17, 15) is 0 Å². The van der Waals surface area contributed by atoms with Gasteiger partial charge in [-0.3, -0.25) is 4.98 Å². The van der Waals surface area contributed by atoms with Gasteiger partial charge in [0.05, 0.1) is 0 Å². The van der Waals surface area contributed by atoms with E-state index in [2.05, 4.69) is 50.2 Å². The lowest BCUT2D eigenvalue weighted by Crippen LogP contribution is -2.33. The molecule has 2 heterocycles. The minimum atomic E-state index is 0.611. The number of aryl methyl sites for hydroxylation is 3. The van der Waals surface area contributed by atoms with Gasteiger partial charge in [0.2, 0.25) is 0 Å². The summed E-state index contributed by atoms with van der Waals surface area (Å²) in [6.07, 6.45) is 24.4. The molecule has 0 N–H and O–H groups in total. The topological polar surface area (TPSA) is 84.0 Å². The summed E-state index contributed by atoms with van der Waals surface area (Å²) in [5.74, 6) is 0. The van der Waals surface area contributed by atoms with Crippen LogP contribution in [0.2, 0.25) is 0 Å². The Morgan fingerprint density at radius 1 is 0.730 bits per heavy atom. The van der Waals surface area contributed by atoms with Crippen molar-refractivity contribution in [3.63, 3.8) is 0 Å². The Balaban J connectivity index is 1.36. The fourth-order valence-corrected chi connectivity index (χ4v) is 4.36. The SMILES string of the molecule is [N-]=[N+]=NCCCCCCOCCCc1ccc[n+](CCCCCCCCOCCCc2cccnc2)c1. The van der Waals surface area contributed by atoms with Crippen LogP contribution in [0.15, 0.2) is 54.2 Å². The van der Waals surface area contributed by atoms with E-state index < -0.39 is 0 Å². The second kappa shape index (κ2) is 22.7. The van der Waals surface area contributed by atoms with E-state index in [0.717, 1.165) is 84.3 Å². The Morgan fingerprint density at radius 2 is 1.35 bits per heavy atom. The number of unbranched alkanes of at least 4 members (excludes halogenated alkanes) is 8. The van der Waals surface area contributed by atoms with Gasteiger partial charge in [0.15, 0.2) is 12.4 Å². The van der Waals surface area contributed by atoms with E-state index in [4.69, 9.17) is 15.0 Å². The second-order valence-electron chi connectivity index (χ2n) is 9.73. The molecule has 37 heavy (non-hydrogen) atoms. The first-order chi connectivity index (χ1) is 18.4. The molecule has 0 radical (unpaired) electrons. The summed E-state index contributed by atoms with van der Waals surface area (Å²) in [6.45, 7) is 5.10. The molecule has 7 heteroatoms. The van der Waals surface area contributed by atoms with Crippen molar-refractivity contribution in [2.75, 3.05) is 33.0 Å². The highest BCUT2D eigenvalue weighted by atomic mass is 16.5. The molecule has 0 spiro atoms. The quantitative estimate of drug-likeness (QED) is 0.0493. The van der Waals surface area contributed by atoms with Crippen LogP contribution >= 0.6 is 0 Å². The zero-order chi connectivity index (χ0) is 26.1. The van der Waals surface area contributed by atoms with E-state index in [1.807, 2.05) is 18.5 Å². The van der Waals surface area contributed by atoms with Crippen LogP contribution in [-0.4, -0.2) is 38.0 Å². The van der Waals surface area contributed by atoms with Gasteiger partial charge in [-0.1, -0.05) is 43.3 Å². The number of hydrogen-bond acceptors (Lipinski definition) is 4. The Hall–Kier alpha value is -2.47. The van der Waals surface area contributed by atoms with Gasteiger partial charge in [0.25, 0.3) is 0 Å². The van der Waals surface area contributed by atoms with Crippen LogP contribution < -0.4 is 4.57 Å². The third kappa shape index (κ3) is 17.6. The average molecular weight is 511 g/mol. The van der Waals surface area contributed by atoms with E-state index >= 15 is 0 Å². The molecule has 2 rings (SSSR count). The summed E-state index contributed by atoms with van der Waals surface area (Å²) < 4.78 is 13.9. The summed E-state index contributed by atoms with van der Waals surface area (Å²) in [7, 11) is 0. The van der Waals surface area contributed by atoms with Gasteiger partial charge >= 0.3 is 0 Å². The Labute approximate surface area is 224 Å². The van der Waals surface area contributed by atoms with Crippen molar-refractivity contribution in [2.45, 2.75) is 96.4 Å². The van der Waals surface area contributed by atoms with Crippen molar-refractivity contribution >= 4 is 0 Å².